The SMILES string of the molecule is CCCCc1ccc(NCCC(OCC)OCC)cc1. The Morgan fingerprint density at radius 3 is 2.20 bits per heavy atom. The molecular weight excluding hydrogens is 250 g/mol. The van der Waals surface area contributed by atoms with Gasteiger partial charge in [0.1, 0.15) is 0 Å². The number of rotatable bonds is 11. The number of ether oxygens (including phenoxy) is 2. The van der Waals surface area contributed by atoms with Crippen molar-refractivity contribution >= 4 is 5.69 Å². The molecule has 1 aromatic carbocycles. The lowest BCUT2D eigenvalue weighted by atomic mass is 10.1. The van der Waals surface area contributed by atoms with Crippen LogP contribution in [0.15, 0.2) is 24.3 Å². The van der Waals surface area contributed by atoms with Crippen molar-refractivity contribution in [2.24, 2.45) is 0 Å². The van der Waals surface area contributed by atoms with E-state index in [0.29, 0.717) is 13.2 Å². The van der Waals surface area contributed by atoms with E-state index in [-0.39, 0.29) is 6.29 Å². The summed E-state index contributed by atoms with van der Waals surface area (Å²) in [7, 11) is 0. The van der Waals surface area contributed by atoms with Crippen LogP contribution in [0.3, 0.4) is 0 Å². The van der Waals surface area contributed by atoms with Crippen molar-refractivity contribution in [3.05, 3.63) is 29.8 Å². The molecule has 0 aliphatic rings. The third-order valence-corrected chi connectivity index (χ3v) is 3.19. The van der Waals surface area contributed by atoms with Crippen LogP contribution in [-0.4, -0.2) is 26.0 Å². The molecular formula is C17H29NO2. The van der Waals surface area contributed by atoms with Gasteiger partial charge in [0.25, 0.3) is 0 Å². The minimum absolute atomic E-state index is 0.0960. The van der Waals surface area contributed by atoms with Crippen LogP contribution in [-0.2, 0) is 15.9 Å². The molecule has 0 heterocycles. The Labute approximate surface area is 123 Å². The average molecular weight is 279 g/mol. The van der Waals surface area contributed by atoms with Gasteiger partial charge >= 0.3 is 0 Å². The molecule has 0 spiro atoms. The predicted molar refractivity (Wildman–Crippen MR) is 85.2 cm³/mol. The van der Waals surface area contributed by atoms with Crippen molar-refractivity contribution in [1.29, 1.82) is 0 Å². The smallest absolute Gasteiger partial charge is 0.159 e. The Kier molecular flexibility index (Phi) is 9.09. The van der Waals surface area contributed by atoms with Gasteiger partial charge in [0.05, 0.1) is 0 Å². The number of anilines is 1. The van der Waals surface area contributed by atoms with E-state index in [0.717, 1.165) is 18.7 Å². The molecule has 0 fully saturated rings. The van der Waals surface area contributed by atoms with Gasteiger partial charge in [-0.3, -0.25) is 0 Å². The van der Waals surface area contributed by atoms with Crippen LogP contribution < -0.4 is 5.32 Å². The third kappa shape index (κ3) is 6.92. The predicted octanol–water partition coefficient (Wildman–Crippen LogP) is 4.23. The van der Waals surface area contributed by atoms with Crippen molar-refractivity contribution in [1.82, 2.24) is 0 Å². The van der Waals surface area contributed by atoms with E-state index in [9.17, 15) is 0 Å². The van der Waals surface area contributed by atoms with Crippen LogP contribution >= 0.6 is 0 Å². The maximum atomic E-state index is 5.52. The summed E-state index contributed by atoms with van der Waals surface area (Å²) in [5.41, 5.74) is 2.58. The number of unbranched alkanes of at least 4 members (excludes halogenated alkanes) is 1. The van der Waals surface area contributed by atoms with E-state index in [2.05, 4.69) is 36.5 Å². The Morgan fingerprint density at radius 2 is 1.65 bits per heavy atom. The molecule has 1 N–H and O–H groups in total. The van der Waals surface area contributed by atoms with Gasteiger partial charge in [0.2, 0.25) is 0 Å². The average Bonchev–Trinajstić information content (AvgIpc) is 2.47. The molecule has 0 unspecified atom stereocenters. The van der Waals surface area contributed by atoms with E-state index in [4.69, 9.17) is 9.47 Å². The van der Waals surface area contributed by atoms with Crippen LogP contribution in [0.2, 0.25) is 0 Å². The molecule has 0 saturated carbocycles. The first kappa shape index (κ1) is 17.0. The van der Waals surface area contributed by atoms with Crippen molar-refractivity contribution < 1.29 is 9.47 Å². The lowest BCUT2D eigenvalue weighted by Gasteiger charge is -2.17. The maximum Gasteiger partial charge on any atom is 0.159 e. The van der Waals surface area contributed by atoms with Crippen LogP contribution in [0.25, 0.3) is 0 Å². The minimum Gasteiger partial charge on any atom is -0.385 e. The molecule has 114 valence electrons. The van der Waals surface area contributed by atoms with E-state index >= 15 is 0 Å². The van der Waals surface area contributed by atoms with E-state index in [1.807, 2.05) is 13.8 Å². The van der Waals surface area contributed by atoms with Crippen molar-refractivity contribution in [2.75, 3.05) is 25.1 Å². The summed E-state index contributed by atoms with van der Waals surface area (Å²) in [6.45, 7) is 8.46. The van der Waals surface area contributed by atoms with Gasteiger partial charge in [-0.1, -0.05) is 25.5 Å². The molecule has 0 amide bonds. The Balaban J connectivity index is 2.30. The second-order valence-corrected chi connectivity index (χ2v) is 4.86. The highest BCUT2D eigenvalue weighted by atomic mass is 16.7. The fourth-order valence-corrected chi connectivity index (χ4v) is 2.09. The van der Waals surface area contributed by atoms with Crippen molar-refractivity contribution in [3.8, 4) is 0 Å². The van der Waals surface area contributed by atoms with Crippen LogP contribution in [0.5, 0.6) is 0 Å². The Bertz CT molecular complexity index is 331. The lowest BCUT2D eigenvalue weighted by Crippen LogP contribution is -2.21. The highest BCUT2D eigenvalue weighted by Crippen LogP contribution is 2.12. The van der Waals surface area contributed by atoms with Crippen LogP contribution in [0.1, 0.15) is 45.6 Å². The summed E-state index contributed by atoms with van der Waals surface area (Å²) in [6.07, 6.45) is 4.45. The molecule has 3 nitrogen and oxygen atoms in total. The van der Waals surface area contributed by atoms with Gasteiger partial charge in [0, 0.05) is 31.9 Å². The number of benzene rings is 1. The summed E-state index contributed by atoms with van der Waals surface area (Å²) in [4.78, 5) is 0. The zero-order chi connectivity index (χ0) is 14.6. The zero-order valence-electron chi connectivity index (χ0n) is 13.2. The number of aryl methyl sites for hydroxylation is 1. The van der Waals surface area contributed by atoms with E-state index in [1.165, 1.54) is 24.8 Å². The quantitative estimate of drug-likeness (QED) is 0.615. The lowest BCUT2D eigenvalue weighted by molar-refractivity contribution is -0.137. The highest BCUT2D eigenvalue weighted by molar-refractivity contribution is 5.44. The summed E-state index contributed by atoms with van der Waals surface area (Å²) in [5.74, 6) is 0. The molecule has 0 aromatic heterocycles. The molecule has 0 aliphatic carbocycles. The van der Waals surface area contributed by atoms with Gasteiger partial charge in [0.15, 0.2) is 6.29 Å². The van der Waals surface area contributed by atoms with E-state index < -0.39 is 0 Å². The van der Waals surface area contributed by atoms with Crippen molar-refractivity contribution in [3.63, 3.8) is 0 Å². The summed E-state index contributed by atoms with van der Waals surface area (Å²) in [5, 5.41) is 3.42. The number of hydrogen-bond acceptors (Lipinski definition) is 3. The largest absolute Gasteiger partial charge is 0.385 e. The van der Waals surface area contributed by atoms with Gasteiger partial charge in [-0.25, -0.2) is 0 Å². The van der Waals surface area contributed by atoms with Gasteiger partial charge < -0.3 is 14.8 Å². The van der Waals surface area contributed by atoms with Crippen LogP contribution in [0, 0.1) is 0 Å². The number of hydrogen-bond donors (Lipinski definition) is 1. The minimum atomic E-state index is -0.0960. The second-order valence-electron chi connectivity index (χ2n) is 4.86. The monoisotopic (exact) mass is 279 g/mol. The Morgan fingerprint density at radius 1 is 1.00 bits per heavy atom. The van der Waals surface area contributed by atoms with E-state index in [1.54, 1.807) is 0 Å². The molecule has 0 atom stereocenters. The first-order valence-corrected chi connectivity index (χ1v) is 7.86. The zero-order valence-corrected chi connectivity index (χ0v) is 13.2. The molecule has 1 rings (SSSR count). The molecule has 0 aliphatic heterocycles. The fraction of sp³-hybridized carbons (Fsp3) is 0.647. The molecule has 0 saturated heterocycles. The van der Waals surface area contributed by atoms with Crippen molar-refractivity contribution in [2.45, 2.75) is 52.7 Å². The topological polar surface area (TPSA) is 30.5 Å². The normalized spacial score (nSPS) is 11.0. The first-order chi connectivity index (χ1) is 9.80. The molecule has 0 radical (unpaired) electrons. The molecule has 3 heteroatoms. The summed E-state index contributed by atoms with van der Waals surface area (Å²) < 4.78 is 11.0. The summed E-state index contributed by atoms with van der Waals surface area (Å²) in [6, 6.07) is 8.73. The van der Waals surface area contributed by atoms with Gasteiger partial charge in [-0.15, -0.1) is 0 Å². The molecule has 1 aromatic rings. The fourth-order valence-electron chi connectivity index (χ4n) is 2.09. The van der Waals surface area contributed by atoms with Gasteiger partial charge in [-0.05, 0) is 44.4 Å². The van der Waals surface area contributed by atoms with Gasteiger partial charge in [-0.2, -0.15) is 0 Å². The highest BCUT2D eigenvalue weighted by Gasteiger charge is 2.06. The maximum absolute atomic E-state index is 5.52. The summed E-state index contributed by atoms with van der Waals surface area (Å²) >= 11 is 0. The Hall–Kier alpha value is -1.06. The third-order valence-electron chi connectivity index (χ3n) is 3.19. The standard InChI is InChI=1S/C17H29NO2/c1-4-7-8-15-9-11-16(12-10-15)18-14-13-17(19-5-2)20-6-3/h9-12,17-18H,4-8,13-14H2,1-3H3. The second kappa shape index (κ2) is 10.7. The van der Waals surface area contributed by atoms with Crippen LogP contribution in [0.4, 0.5) is 5.69 Å². The molecule has 0 bridgehead atoms. The molecule has 20 heavy (non-hydrogen) atoms. The number of nitrogens with one attached hydrogen (secondary N) is 1. The first-order valence-electron chi connectivity index (χ1n) is 7.86.